The molecule has 0 radical (unpaired) electrons. The molecule has 1 aliphatic carbocycles. The van der Waals surface area contributed by atoms with E-state index >= 15 is 0 Å². The number of hydrogen-bond acceptors (Lipinski definition) is 6. The zero-order valence-corrected chi connectivity index (χ0v) is 16.2. The first-order valence-electron chi connectivity index (χ1n) is 8.89. The van der Waals surface area contributed by atoms with E-state index in [-0.39, 0.29) is 5.78 Å². The van der Waals surface area contributed by atoms with Crippen LogP contribution in [0.25, 0.3) is 0 Å². The van der Waals surface area contributed by atoms with Crippen molar-refractivity contribution in [1.29, 1.82) is 0 Å². The normalized spacial score (nSPS) is 19.6. The SMILES string of the molecule is CC(OC(=O)C(NC(=O)C(F)(F)F)C(C)C)OC(=O)N(C)[C@@H]1CCCCC1=O. The lowest BCUT2D eigenvalue weighted by Crippen LogP contribution is -2.51. The number of amides is 2. The van der Waals surface area contributed by atoms with Gasteiger partial charge in [-0.25, -0.2) is 9.59 Å². The Kier molecular flexibility index (Phi) is 8.25. The lowest BCUT2D eigenvalue weighted by Gasteiger charge is -2.30. The monoisotopic (exact) mass is 410 g/mol. The van der Waals surface area contributed by atoms with Crippen molar-refractivity contribution >= 4 is 23.8 Å². The first-order chi connectivity index (χ1) is 12.8. The van der Waals surface area contributed by atoms with E-state index in [1.807, 2.05) is 0 Å². The molecule has 2 amide bonds. The van der Waals surface area contributed by atoms with Gasteiger partial charge in [-0.05, 0) is 18.8 Å². The summed E-state index contributed by atoms with van der Waals surface area (Å²) in [5.41, 5.74) is 0. The number of hydrogen-bond donors (Lipinski definition) is 1. The third-order valence-corrected chi connectivity index (χ3v) is 4.29. The van der Waals surface area contributed by atoms with Gasteiger partial charge in [0.2, 0.25) is 6.29 Å². The molecule has 1 aliphatic rings. The Hall–Kier alpha value is -2.33. The number of nitrogens with zero attached hydrogens (tertiary/aromatic N) is 1. The van der Waals surface area contributed by atoms with Gasteiger partial charge in [0.25, 0.3) is 0 Å². The van der Waals surface area contributed by atoms with Crippen LogP contribution in [0.1, 0.15) is 46.5 Å². The van der Waals surface area contributed by atoms with Gasteiger partial charge in [0, 0.05) is 20.4 Å². The van der Waals surface area contributed by atoms with Crippen molar-refractivity contribution in [1.82, 2.24) is 10.2 Å². The Morgan fingerprint density at radius 2 is 1.75 bits per heavy atom. The predicted octanol–water partition coefficient (Wildman–Crippen LogP) is 2.16. The average molecular weight is 410 g/mol. The number of ketones is 1. The second kappa shape index (κ2) is 9.74. The van der Waals surface area contributed by atoms with Crippen molar-refractivity contribution in [3.63, 3.8) is 0 Å². The fourth-order valence-electron chi connectivity index (χ4n) is 2.71. The number of alkyl halides is 3. The highest BCUT2D eigenvalue weighted by molar-refractivity contribution is 5.88. The summed E-state index contributed by atoms with van der Waals surface area (Å²) >= 11 is 0. The number of nitrogens with one attached hydrogen (secondary N) is 1. The quantitative estimate of drug-likeness (QED) is 0.532. The molecule has 0 bridgehead atoms. The molecule has 1 rings (SSSR count). The van der Waals surface area contributed by atoms with Crippen LogP contribution in [0, 0.1) is 5.92 Å². The number of carbonyl (C=O) groups excluding carboxylic acids is 4. The summed E-state index contributed by atoms with van der Waals surface area (Å²) in [6.45, 7) is 4.04. The Labute approximate surface area is 160 Å². The van der Waals surface area contributed by atoms with E-state index in [0.717, 1.165) is 17.7 Å². The molecule has 1 N–H and O–H groups in total. The molecule has 3 atom stereocenters. The van der Waals surface area contributed by atoms with Crippen molar-refractivity contribution in [2.75, 3.05) is 7.05 Å². The van der Waals surface area contributed by atoms with Crippen LogP contribution in [0.2, 0.25) is 0 Å². The van der Waals surface area contributed by atoms with Gasteiger partial charge in [0.15, 0.2) is 5.78 Å². The summed E-state index contributed by atoms with van der Waals surface area (Å²) in [5.74, 6) is -4.25. The minimum atomic E-state index is -5.15. The Balaban J connectivity index is 2.64. The standard InChI is InChI=1S/C17H25F3N2O6/c1-9(2)13(21-15(25)17(18,19)20)14(24)27-10(3)28-16(26)22(4)11-7-5-6-8-12(11)23/h9-11,13H,5-8H2,1-4H3,(H,21,25)/t10?,11-,13?/m1/s1. The molecule has 11 heteroatoms. The summed E-state index contributed by atoms with van der Waals surface area (Å²) in [6, 6.07) is -2.20. The zero-order valence-electron chi connectivity index (χ0n) is 16.2. The van der Waals surface area contributed by atoms with Crippen LogP contribution in [0.5, 0.6) is 0 Å². The number of ether oxygens (including phenoxy) is 2. The molecular formula is C17H25F3N2O6. The summed E-state index contributed by atoms with van der Waals surface area (Å²) in [4.78, 5) is 48.3. The summed E-state index contributed by atoms with van der Waals surface area (Å²) in [5, 5.41) is 1.56. The summed E-state index contributed by atoms with van der Waals surface area (Å²) in [7, 11) is 1.38. The van der Waals surface area contributed by atoms with Crippen molar-refractivity contribution in [3.05, 3.63) is 0 Å². The Morgan fingerprint density at radius 1 is 1.14 bits per heavy atom. The van der Waals surface area contributed by atoms with Gasteiger partial charge in [-0.2, -0.15) is 13.2 Å². The Bertz CT molecular complexity index is 608. The minimum Gasteiger partial charge on any atom is -0.424 e. The van der Waals surface area contributed by atoms with E-state index in [2.05, 4.69) is 0 Å². The number of halogens is 3. The van der Waals surface area contributed by atoms with Crippen LogP contribution < -0.4 is 5.32 Å². The molecule has 0 spiro atoms. The maximum absolute atomic E-state index is 12.4. The van der Waals surface area contributed by atoms with E-state index in [4.69, 9.17) is 9.47 Å². The Morgan fingerprint density at radius 3 is 2.25 bits per heavy atom. The lowest BCUT2D eigenvalue weighted by atomic mass is 9.93. The van der Waals surface area contributed by atoms with Crippen LogP contribution in [0.3, 0.4) is 0 Å². The first-order valence-corrected chi connectivity index (χ1v) is 8.89. The second-order valence-corrected chi connectivity index (χ2v) is 6.92. The molecule has 1 fully saturated rings. The largest absolute Gasteiger partial charge is 0.471 e. The van der Waals surface area contributed by atoms with Crippen LogP contribution in [-0.2, 0) is 23.9 Å². The lowest BCUT2D eigenvalue weighted by molar-refractivity contribution is -0.180. The number of esters is 1. The van der Waals surface area contributed by atoms with Gasteiger partial charge in [-0.1, -0.05) is 20.3 Å². The highest BCUT2D eigenvalue weighted by atomic mass is 19.4. The minimum absolute atomic E-state index is 0.0925. The number of rotatable bonds is 6. The highest BCUT2D eigenvalue weighted by Crippen LogP contribution is 2.20. The molecule has 0 aromatic rings. The third-order valence-electron chi connectivity index (χ3n) is 4.29. The van der Waals surface area contributed by atoms with Crippen molar-refractivity contribution in [3.8, 4) is 0 Å². The maximum Gasteiger partial charge on any atom is 0.471 e. The number of likely N-dealkylation sites (N-methyl/N-ethyl adjacent to an activating group) is 1. The van der Waals surface area contributed by atoms with E-state index in [1.165, 1.54) is 27.8 Å². The van der Waals surface area contributed by atoms with E-state index in [0.29, 0.717) is 12.8 Å². The first kappa shape index (κ1) is 23.7. The van der Waals surface area contributed by atoms with Crippen LogP contribution >= 0.6 is 0 Å². The van der Waals surface area contributed by atoms with E-state index < -0.39 is 48.4 Å². The topological polar surface area (TPSA) is 102 Å². The molecule has 0 aromatic carbocycles. The maximum atomic E-state index is 12.4. The van der Waals surface area contributed by atoms with Crippen LogP contribution in [0.15, 0.2) is 0 Å². The molecule has 8 nitrogen and oxygen atoms in total. The summed E-state index contributed by atoms with van der Waals surface area (Å²) in [6.07, 6.45) is -5.08. The van der Waals surface area contributed by atoms with Gasteiger partial charge >= 0.3 is 24.1 Å². The average Bonchev–Trinajstić information content (AvgIpc) is 2.57. The second-order valence-electron chi connectivity index (χ2n) is 6.92. The third kappa shape index (κ3) is 6.68. The summed E-state index contributed by atoms with van der Waals surface area (Å²) < 4.78 is 47.0. The molecule has 0 heterocycles. The van der Waals surface area contributed by atoms with Crippen molar-refractivity contribution in [2.45, 2.75) is 71.0 Å². The van der Waals surface area contributed by atoms with Gasteiger partial charge in [-0.3, -0.25) is 9.59 Å². The smallest absolute Gasteiger partial charge is 0.424 e. The van der Waals surface area contributed by atoms with Gasteiger partial charge < -0.3 is 19.7 Å². The molecular weight excluding hydrogens is 385 g/mol. The fourth-order valence-corrected chi connectivity index (χ4v) is 2.71. The van der Waals surface area contributed by atoms with Gasteiger partial charge in [0.05, 0.1) is 6.04 Å². The van der Waals surface area contributed by atoms with E-state index in [1.54, 1.807) is 5.32 Å². The van der Waals surface area contributed by atoms with Crippen LogP contribution in [-0.4, -0.2) is 60.3 Å². The van der Waals surface area contributed by atoms with E-state index in [9.17, 15) is 32.3 Å². The van der Waals surface area contributed by atoms with Gasteiger partial charge in [-0.15, -0.1) is 0 Å². The van der Waals surface area contributed by atoms with Crippen LogP contribution in [0.4, 0.5) is 18.0 Å². The number of carbonyl (C=O) groups is 4. The predicted molar refractivity (Wildman–Crippen MR) is 89.9 cm³/mol. The van der Waals surface area contributed by atoms with Gasteiger partial charge in [0.1, 0.15) is 6.04 Å². The molecule has 1 saturated carbocycles. The highest BCUT2D eigenvalue weighted by Gasteiger charge is 2.42. The molecule has 160 valence electrons. The van der Waals surface area contributed by atoms with Crippen molar-refractivity contribution < 1.29 is 41.8 Å². The fraction of sp³-hybridized carbons (Fsp3) is 0.765. The molecule has 0 aliphatic heterocycles. The van der Waals surface area contributed by atoms with Crippen molar-refractivity contribution in [2.24, 2.45) is 5.92 Å². The molecule has 0 aromatic heterocycles. The molecule has 28 heavy (non-hydrogen) atoms. The number of Topliss-reactive ketones (excluding diaryl/α,β-unsaturated/α-hetero) is 1. The zero-order chi connectivity index (χ0) is 21.6. The molecule has 0 saturated heterocycles. The molecule has 2 unspecified atom stereocenters.